The first-order valence-corrected chi connectivity index (χ1v) is 10.8. The molecule has 1 atom stereocenters. The summed E-state index contributed by atoms with van der Waals surface area (Å²) in [7, 11) is 0. The van der Waals surface area contributed by atoms with Crippen LogP contribution in [0.15, 0.2) is 30.8 Å². The smallest absolute Gasteiger partial charge is 0.408 e. The lowest BCUT2D eigenvalue weighted by Crippen LogP contribution is -2.51. The molecular weight excluding hydrogens is 396 g/mol. The van der Waals surface area contributed by atoms with Crippen molar-refractivity contribution >= 4 is 23.5 Å². The van der Waals surface area contributed by atoms with Gasteiger partial charge in [-0.25, -0.2) is 4.79 Å². The Hall–Kier alpha value is -2.83. The van der Waals surface area contributed by atoms with Gasteiger partial charge in [0.25, 0.3) is 0 Å². The van der Waals surface area contributed by atoms with Crippen molar-refractivity contribution in [2.24, 2.45) is 0 Å². The Balaban J connectivity index is 2.16. The van der Waals surface area contributed by atoms with Crippen LogP contribution in [0.25, 0.3) is 5.57 Å². The van der Waals surface area contributed by atoms with Crippen molar-refractivity contribution in [1.29, 1.82) is 0 Å². The van der Waals surface area contributed by atoms with Gasteiger partial charge in [-0.15, -0.1) is 0 Å². The number of rotatable bonds is 8. The molecule has 2 N–H and O–H groups in total. The minimum Gasteiger partial charge on any atom is -0.481 e. The summed E-state index contributed by atoms with van der Waals surface area (Å²) < 4.78 is 5.37. The fourth-order valence-corrected chi connectivity index (χ4v) is 3.54. The fourth-order valence-electron chi connectivity index (χ4n) is 3.54. The summed E-state index contributed by atoms with van der Waals surface area (Å²) in [5, 5.41) is 11.7. The van der Waals surface area contributed by atoms with Crippen LogP contribution in [0.3, 0.4) is 0 Å². The van der Waals surface area contributed by atoms with Gasteiger partial charge in [0.05, 0.1) is 0 Å². The van der Waals surface area contributed by atoms with Gasteiger partial charge in [0.15, 0.2) is 0 Å². The van der Waals surface area contributed by atoms with Crippen molar-refractivity contribution < 1.29 is 24.2 Å². The Labute approximate surface area is 184 Å². The molecule has 1 heterocycles. The van der Waals surface area contributed by atoms with E-state index in [4.69, 9.17) is 9.84 Å². The summed E-state index contributed by atoms with van der Waals surface area (Å²) in [6, 6.07) is 6.78. The van der Waals surface area contributed by atoms with Gasteiger partial charge in [-0.1, -0.05) is 30.8 Å². The molecule has 2 amide bonds. The van der Waals surface area contributed by atoms with E-state index in [9.17, 15) is 14.4 Å². The van der Waals surface area contributed by atoms with Crippen molar-refractivity contribution in [2.75, 3.05) is 13.1 Å². The number of ether oxygens (including phenoxy) is 1. The number of carbonyl (C=O) groups excluding carboxylic acids is 2. The van der Waals surface area contributed by atoms with E-state index in [1.165, 1.54) is 0 Å². The molecule has 0 spiro atoms. The first-order chi connectivity index (χ1) is 14.5. The lowest BCUT2D eigenvalue weighted by molar-refractivity contribution is -0.137. The Morgan fingerprint density at radius 2 is 1.84 bits per heavy atom. The first kappa shape index (κ1) is 24.4. The highest BCUT2D eigenvalue weighted by atomic mass is 16.6. The van der Waals surface area contributed by atoms with Crippen LogP contribution in [0.2, 0.25) is 0 Å². The number of nitrogens with one attached hydrogen (secondary N) is 1. The number of carboxylic acids is 1. The summed E-state index contributed by atoms with van der Waals surface area (Å²) in [5.74, 6) is -0.980. The maximum atomic E-state index is 13.2. The average Bonchev–Trinajstić information content (AvgIpc) is 2.70. The van der Waals surface area contributed by atoms with Crippen LogP contribution < -0.4 is 5.32 Å². The van der Waals surface area contributed by atoms with E-state index in [-0.39, 0.29) is 12.3 Å². The summed E-state index contributed by atoms with van der Waals surface area (Å²) >= 11 is 0. The number of allylic oxidation sites excluding steroid dienone is 1. The highest BCUT2D eigenvalue weighted by Crippen LogP contribution is 2.21. The number of aliphatic carboxylic acids is 1. The number of amides is 2. The number of alkyl carbamates (subject to hydrolysis) is 1. The Bertz CT molecular complexity index is 806. The lowest BCUT2D eigenvalue weighted by atomic mass is 9.97. The van der Waals surface area contributed by atoms with E-state index in [1.807, 2.05) is 24.3 Å². The minimum atomic E-state index is -0.869. The number of carbonyl (C=O) groups is 3. The molecule has 1 aliphatic rings. The van der Waals surface area contributed by atoms with E-state index in [1.54, 1.807) is 25.7 Å². The number of piperidine rings is 1. The molecule has 1 aromatic carbocycles. The molecule has 0 radical (unpaired) electrons. The van der Waals surface area contributed by atoms with Gasteiger partial charge in [-0.05, 0) is 63.2 Å². The highest BCUT2D eigenvalue weighted by molar-refractivity contribution is 5.86. The number of benzene rings is 1. The van der Waals surface area contributed by atoms with Crippen molar-refractivity contribution in [1.82, 2.24) is 10.2 Å². The van der Waals surface area contributed by atoms with E-state index in [0.29, 0.717) is 25.9 Å². The monoisotopic (exact) mass is 430 g/mol. The second-order valence-corrected chi connectivity index (χ2v) is 8.99. The number of likely N-dealkylation sites (tertiary alicyclic amines) is 1. The minimum absolute atomic E-state index is 0.0132. The molecule has 0 unspecified atom stereocenters. The average molecular weight is 431 g/mol. The predicted molar refractivity (Wildman–Crippen MR) is 120 cm³/mol. The maximum absolute atomic E-state index is 13.2. The molecular formula is C24H34N2O5. The third kappa shape index (κ3) is 8.44. The zero-order chi connectivity index (χ0) is 23.0. The van der Waals surface area contributed by atoms with Crippen LogP contribution in [0.5, 0.6) is 0 Å². The molecule has 0 bridgehead atoms. The highest BCUT2D eigenvalue weighted by Gasteiger charge is 2.29. The molecule has 1 saturated heterocycles. The second-order valence-electron chi connectivity index (χ2n) is 8.99. The van der Waals surface area contributed by atoms with Gasteiger partial charge >= 0.3 is 12.1 Å². The van der Waals surface area contributed by atoms with Crippen LogP contribution in [0, 0.1) is 0 Å². The molecule has 1 aliphatic heterocycles. The summed E-state index contributed by atoms with van der Waals surface area (Å²) in [6.45, 7) is 10.7. The molecule has 1 aromatic rings. The predicted octanol–water partition coefficient (Wildman–Crippen LogP) is 4.01. The molecule has 0 aliphatic carbocycles. The Morgan fingerprint density at radius 1 is 1.16 bits per heavy atom. The quantitative estimate of drug-likeness (QED) is 0.650. The van der Waals surface area contributed by atoms with E-state index in [0.717, 1.165) is 36.0 Å². The van der Waals surface area contributed by atoms with Gasteiger partial charge in [0.2, 0.25) is 5.91 Å². The molecule has 7 nitrogen and oxygen atoms in total. The molecule has 2 rings (SSSR count). The lowest BCUT2D eigenvalue weighted by Gasteiger charge is -2.31. The second kappa shape index (κ2) is 11.0. The van der Waals surface area contributed by atoms with Gasteiger partial charge in [-0.3, -0.25) is 9.59 Å². The molecule has 0 aromatic heterocycles. The van der Waals surface area contributed by atoms with Gasteiger partial charge in [0, 0.05) is 25.9 Å². The number of nitrogens with zero attached hydrogens (tertiary/aromatic N) is 1. The standard InChI is InChI=1S/C24H34N2O5/c1-17(11-12-21(27)28)19-10-8-9-18(15-19)16-20(25-23(30)31-24(2,3)4)22(29)26-13-6-5-7-14-26/h8-10,15,20H,1,5-7,11-14,16H2,2-4H3,(H,25,30)(H,27,28)/t20-/m0/s1. The molecule has 170 valence electrons. The largest absolute Gasteiger partial charge is 0.481 e. The SMILES string of the molecule is C=C(CCC(=O)O)c1cccc(C[C@H](NC(=O)OC(C)(C)C)C(=O)N2CCCCC2)c1. The third-order valence-electron chi connectivity index (χ3n) is 5.07. The molecule has 7 heteroatoms. The normalized spacial score (nSPS) is 15.1. The number of hydrogen-bond donors (Lipinski definition) is 2. The van der Waals surface area contributed by atoms with Gasteiger partial charge in [0.1, 0.15) is 11.6 Å². The first-order valence-electron chi connectivity index (χ1n) is 10.8. The fraction of sp³-hybridized carbons (Fsp3) is 0.542. The topological polar surface area (TPSA) is 95.9 Å². The number of hydrogen-bond acceptors (Lipinski definition) is 4. The summed E-state index contributed by atoms with van der Waals surface area (Å²) in [5.41, 5.74) is 1.76. The van der Waals surface area contributed by atoms with E-state index < -0.39 is 23.7 Å². The van der Waals surface area contributed by atoms with E-state index in [2.05, 4.69) is 11.9 Å². The van der Waals surface area contributed by atoms with Crippen molar-refractivity contribution in [3.63, 3.8) is 0 Å². The summed E-state index contributed by atoms with van der Waals surface area (Å²) in [6.07, 6.45) is 3.09. The van der Waals surface area contributed by atoms with Crippen molar-refractivity contribution in [3.05, 3.63) is 42.0 Å². The van der Waals surface area contributed by atoms with Crippen LogP contribution in [-0.4, -0.2) is 52.7 Å². The van der Waals surface area contributed by atoms with Crippen LogP contribution in [-0.2, 0) is 20.7 Å². The molecule has 0 saturated carbocycles. The molecule has 1 fully saturated rings. The zero-order valence-electron chi connectivity index (χ0n) is 18.8. The van der Waals surface area contributed by atoms with Crippen LogP contribution >= 0.6 is 0 Å². The Kier molecular flexibility index (Phi) is 8.65. The molecule has 31 heavy (non-hydrogen) atoms. The zero-order valence-corrected chi connectivity index (χ0v) is 18.8. The van der Waals surface area contributed by atoms with Crippen LogP contribution in [0.4, 0.5) is 4.79 Å². The number of carboxylic acid groups (broad SMARTS) is 1. The van der Waals surface area contributed by atoms with E-state index >= 15 is 0 Å². The Morgan fingerprint density at radius 3 is 2.45 bits per heavy atom. The third-order valence-corrected chi connectivity index (χ3v) is 5.07. The van der Waals surface area contributed by atoms with Gasteiger partial charge in [-0.2, -0.15) is 0 Å². The maximum Gasteiger partial charge on any atom is 0.408 e. The van der Waals surface area contributed by atoms with Crippen molar-refractivity contribution in [2.45, 2.75) is 70.9 Å². The van der Waals surface area contributed by atoms with Crippen molar-refractivity contribution in [3.8, 4) is 0 Å². The van der Waals surface area contributed by atoms with Crippen LogP contribution in [0.1, 0.15) is 64.0 Å². The van der Waals surface area contributed by atoms with Gasteiger partial charge < -0.3 is 20.1 Å². The summed E-state index contributed by atoms with van der Waals surface area (Å²) in [4.78, 5) is 38.2.